The van der Waals surface area contributed by atoms with Crippen LogP contribution in [0.1, 0.15) is 26.3 Å². The van der Waals surface area contributed by atoms with Crippen molar-refractivity contribution in [3.8, 4) is 11.8 Å². The number of nitrogens with one attached hydrogen (secondary N) is 1. The predicted octanol–water partition coefficient (Wildman–Crippen LogP) is 2.65. The first kappa shape index (κ1) is 11.3. The Bertz CT molecular complexity index is 405. The van der Waals surface area contributed by atoms with Crippen LogP contribution in [0.2, 0.25) is 0 Å². The van der Waals surface area contributed by atoms with E-state index in [4.69, 9.17) is 0 Å². The summed E-state index contributed by atoms with van der Waals surface area (Å²) in [5, 5.41) is 2.63. The van der Waals surface area contributed by atoms with Crippen molar-refractivity contribution in [3.05, 3.63) is 29.8 Å². The Morgan fingerprint density at radius 2 is 1.93 bits per heavy atom. The summed E-state index contributed by atoms with van der Waals surface area (Å²) in [4.78, 5) is 10.4. The molecule has 0 atom stereocenters. The number of benzene rings is 1. The smallest absolute Gasteiger partial charge is 0.211 e. The predicted molar refractivity (Wildman–Crippen MR) is 62.5 cm³/mol. The van der Waals surface area contributed by atoms with Crippen molar-refractivity contribution in [3.63, 3.8) is 0 Å². The van der Waals surface area contributed by atoms with Crippen molar-refractivity contribution in [1.82, 2.24) is 0 Å². The first-order valence-corrected chi connectivity index (χ1v) is 4.85. The molecule has 0 heterocycles. The number of carbonyl (C=O) groups excluding carboxylic acids is 1. The molecular formula is C13H15NO. The van der Waals surface area contributed by atoms with Crippen LogP contribution >= 0.6 is 0 Å². The van der Waals surface area contributed by atoms with E-state index in [2.05, 4.69) is 37.9 Å². The van der Waals surface area contributed by atoms with E-state index in [1.165, 1.54) is 0 Å². The van der Waals surface area contributed by atoms with Gasteiger partial charge in [0, 0.05) is 11.0 Å². The maximum absolute atomic E-state index is 10.4. The first-order valence-electron chi connectivity index (χ1n) is 4.85. The van der Waals surface area contributed by atoms with E-state index < -0.39 is 0 Å². The first-order chi connectivity index (χ1) is 7.03. The van der Waals surface area contributed by atoms with E-state index in [1.54, 1.807) is 0 Å². The largest absolute Gasteiger partial charge is 0.328 e. The molecule has 0 unspecified atom stereocenters. The Hall–Kier alpha value is -1.75. The molecule has 15 heavy (non-hydrogen) atoms. The van der Waals surface area contributed by atoms with Gasteiger partial charge in [-0.3, -0.25) is 4.79 Å². The van der Waals surface area contributed by atoms with Crippen LogP contribution in [0.5, 0.6) is 0 Å². The lowest BCUT2D eigenvalue weighted by molar-refractivity contribution is -0.105. The fraction of sp³-hybridized carbons (Fsp3) is 0.308. The van der Waals surface area contributed by atoms with Crippen LogP contribution < -0.4 is 5.32 Å². The monoisotopic (exact) mass is 201 g/mol. The molecular weight excluding hydrogens is 186 g/mol. The van der Waals surface area contributed by atoms with Crippen LogP contribution in [-0.2, 0) is 4.79 Å². The van der Waals surface area contributed by atoms with E-state index in [0.29, 0.717) is 6.41 Å². The summed E-state index contributed by atoms with van der Waals surface area (Å²) < 4.78 is 0. The quantitative estimate of drug-likeness (QED) is 0.578. The number of carbonyl (C=O) groups is 1. The maximum atomic E-state index is 10.4. The Morgan fingerprint density at radius 3 is 2.53 bits per heavy atom. The van der Waals surface area contributed by atoms with Gasteiger partial charge in [-0.15, -0.1) is 0 Å². The fourth-order valence-corrected chi connectivity index (χ4v) is 1.04. The van der Waals surface area contributed by atoms with E-state index in [1.807, 2.05) is 24.3 Å². The maximum Gasteiger partial charge on any atom is 0.211 e. The van der Waals surface area contributed by atoms with Crippen molar-refractivity contribution in [2.75, 3.05) is 5.32 Å². The zero-order valence-corrected chi connectivity index (χ0v) is 9.29. The number of hydrogen-bond acceptors (Lipinski definition) is 1. The van der Waals surface area contributed by atoms with Gasteiger partial charge in [0.05, 0.1) is 5.69 Å². The second kappa shape index (κ2) is 4.65. The molecule has 1 rings (SSSR count). The average molecular weight is 201 g/mol. The van der Waals surface area contributed by atoms with E-state index in [9.17, 15) is 4.79 Å². The van der Waals surface area contributed by atoms with Gasteiger partial charge in [-0.2, -0.15) is 0 Å². The Kier molecular flexibility index (Phi) is 3.51. The van der Waals surface area contributed by atoms with E-state index in [0.717, 1.165) is 11.3 Å². The molecule has 0 bridgehead atoms. The molecule has 1 aromatic carbocycles. The molecule has 0 fully saturated rings. The number of rotatable bonds is 2. The van der Waals surface area contributed by atoms with Crippen molar-refractivity contribution in [1.29, 1.82) is 0 Å². The Labute approximate surface area is 90.7 Å². The van der Waals surface area contributed by atoms with Gasteiger partial charge < -0.3 is 5.32 Å². The van der Waals surface area contributed by atoms with Crippen molar-refractivity contribution in [2.45, 2.75) is 20.8 Å². The Morgan fingerprint density at radius 1 is 1.27 bits per heavy atom. The lowest BCUT2D eigenvalue weighted by Crippen LogP contribution is -2.00. The minimum absolute atomic E-state index is 0.0334. The molecule has 0 saturated carbocycles. The zero-order valence-electron chi connectivity index (χ0n) is 9.29. The number of anilines is 1. The third kappa shape index (κ3) is 3.86. The molecule has 0 spiro atoms. The van der Waals surface area contributed by atoms with Gasteiger partial charge in [0.1, 0.15) is 0 Å². The summed E-state index contributed by atoms with van der Waals surface area (Å²) in [6.45, 7) is 6.15. The summed E-state index contributed by atoms with van der Waals surface area (Å²) in [7, 11) is 0. The normalized spacial score (nSPS) is 10.1. The van der Waals surface area contributed by atoms with Gasteiger partial charge in [-0.1, -0.05) is 24.0 Å². The average Bonchev–Trinajstić information content (AvgIpc) is 2.16. The molecule has 1 amide bonds. The summed E-state index contributed by atoms with van der Waals surface area (Å²) in [6.07, 6.45) is 0.664. The molecule has 2 nitrogen and oxygen atoms in total. The molecule has 0 radical (unpaired) electrons. The van der Waals surface area contributed by atoms with Crippen LogP contribution in [0, 0.1) is 17.3 Å². The number of para-hydroxylation sites is 1. The lowest BCUT2D eigenvalue weighted by atomic mass is 9.97. The molecule has 78 valence electrons. The van der Waals surface area contributed by atoms with E-state index in [-0.39, 0.29) is 5.41 Å². The van der Waals surface area contributed by atoms with Crippen molar-refractivity contribution >= 4 is 12.1 Å². The van der Waals surface area contributed by atoms with Crippen molar-refractivity contribution < 1.29 is 4.79 Å². The summed E-state index contributed by atoms with van der Waals surface area (Å²) >= 11 is 0. The molecule has 1 N–H and O–H groups in total. The van der Waals surface area contributed by atoms with Gasteiger partial charge in [-0.25, -0.2) is 0 Å². The van der Waals surface area contributed by atoms with Crippen LogP contribution in [0.15, 0.2) is 24.3 Å². The van der Waals surface area contributed by atoms with Gasteiger partial charge >= 0.3 is 0 Å². The third-order valence-electron chi connectivity index (χ3n) is 1.71. The summed E-state index contributed by atoms with van der Waals surface area (Å²) in [5.41, 5.74) is 1.57. The van der Waals surface area contributed by atoms with E-state index >= 15 is 0 Å². The second-order valence-electron chi connectivity index (χ2n) is 4.31. The van der Waals surface area contributed by atoms with Gasteiger partial charge in [0.15, 0.2) is 0 Å². The van der Waals surface area contributed by atoms with Crippen LogP contribution in [0.25, 0.3) is 0 Å². The van der Waals surface area contributed by atoms with Crippen molar-refractivity contribution in [2.24, 2.45) is 5.41 Å². The summed E-state index contributed by atoms with van der Waals surface area (Å²) in [6, 6.07) is 7.50. The summed E-state index contributed by atoms with van der Waals surface area (Å²) in [5.74, 6) is 6.20. The zero-order chi connectivity index (χ0) is 11.3. The second-order valence-corrected chi connectivity index (χ2v) is 4.31. The molecule has 0 aliphatic carbocycles. The minimum Gasteiger partial charge on any atom is -0.328 e. The molecule has 0 saturated heterocycles. The lowest BCUT2D eigenvalue weighted by Gasteiger charge is -2.07. The van der Waals surface area contributed by atoms with Gasteiger partial charge in [-0.05, 0) is 32.9 Å². The molecule has 1 aromatic rings. The SMILES string of the molecule is CC(C)(C)C#Cc1ccccc1NC=O. The fourth-order valence-electron chi connectivity index (χ4n) is 1.04. The Balaban J connectivity index is 3.02. The highest BCUT2D eigenvalue weighted by atomic mass is 16.1. The van der Waals surface area contributed by atoms with Crippen LogP contribution in [0.3, 0.4) is 0 Å². The number of hydrogen-bond donors (Lipinski definition) is 1. The number of amides is 1. The highest BCUT2D eigenvalue weighted by Gasteiger charge is 2.04. The third-order valence-corrected chi connectivity index (χ3v) is 1.71. The highest BCUT2D eigenvalue weighted by Crippen LogP contribution is 2.15. The molecule has 0 aliphatic rings. The minimum atomic E-state index is -0.0334. The van der Waals surface area contributed by atoms with Crippen LogP contribution in [-0.4, -0.2) is 6.41 Å². The topological polar surface area (TPSA) is 29.1 Å². The highest BCUT2D eigenvalue weighted by molar-refractivity contribution is 5.75. The molecule has 0 aliphatic heterocycles. The standard InChI is InChI=1S/C13H15NO/c1-13(2,3)9-8-11-6-4-5-7-12(11)14-10-15/h4-7,10H,1-3H3,(H,14,15). The van der Waals surface area contributed by atoms with Gasteiger partial charge in [0.2, 0.25) is 6.41 Å². The molecule has 0 aromatic heterocycles. The van der Waals surface area contributed by atoms with Crippen LogP contribution in [0.4, 0.5) is 5.69 Å². The molecule has 2 heteroatoms. The van der Waals surface area contributed by atoms with Gasteiger partial charge in [0.25, 0.3) is 0 Å².